The van der Waals surface area contributed by atoms with Crippen LogP contribution < -0.4 is 27.7 Å². The number of hydrogen-bond acceptors (Lipinski definition) is 7. The highest BCUT2D eigenvalue weighted by molar-refractivity contribution is 5.86. The number of rotatable bonds is 22. The van der Waals surface area contributed by atoms with E-state index in [-0.39, 0.29) is 19.0 Å². The third-order valence-corrected chi connectivity index (χ3v) is 11.6. The summed E-state index contributed by atoms with van der Waals surface area (Å²) in [6, 6.07) is 16.6. The van der Waals surface area contributed by atoms with E-state index < -0.39 is 11.4 Å². The molecular weight excluding hydrogens is 676 g/mol. The van der Waals surface area contributed by atoms with Gasteiger partial charge in [0, 0.05) is 36.2 Å². The molecule has 1 fully saturated rings. The van der Waals surface area contributed by atoms with Crippen molar-refractivity contribution in [2.24, 2.45) is 34.3 Å². The molecule has 0 aromatic heterocycles. The van der Waals surface area contributed by atoms with Crippen molar-refractivity contribution in [2.75, 3.05) is 39.4 Å². The van der Waals surface area contributed by atoms with E-state index in [2.05, 4.69) is 50.8 Å². The van der Waals surface area contributed by atoms with Crippen LogP contribution in [0.25, 0.3) is 22.3 Å². The van der Waals surface area contributed by atoms with Crippen molar-refractivity contribution in [2.45, 2.75) is 110 Å². The zero-order chi connectivity index (χ0) is 39.1. The molecule has 0 atom stereocenters. The zero-order valence-electron chi connectivity index (χ0n) is 33.3. The van der Waals surface area contributed by atoms with Crippen molar-refractivity contribution in [1.29, 1.82) is 0 Å². The Bertz CT molecular complexity index is 1650. The minimum Gasteiger partial charge on any atom is -0.493 e. The van der Waals surface area contributed by atoms with Crippen LogP contribution >= 0.6 is 0 Å². The second kappa shape index (κ2) is 21.5. The molecule has 0 aliphatic heterocycles. The third-order valence-electron chi connectivity index (χ3n) is 11.6. The molecule has 8 N–H and O–H groups in total. The molecule has 0 unspecified atom stereocenters. The van der Waals surface area contributed by atoms with Crippen molar-refractivity contribution in [3.05, 3.63) is 88.8 Å². The molecule has 0 heterocycles. The Hall–Kier alpha value is -3.56. The maximum absolute atomic E-state index is 16.2. The Labute approximate surface area is 324 Å². The molecule has 0 radical (unpaired) electrons. The van der Waals surface area contributed by atoms with Crippen LogP contribution in [0.15, 0.2) is 60.7 Å². The van der Waals surface area contributed by atoms with Crippen LogP contribution in [0.3, 0.4) is 0 Å². The predicted molar refractivity (Wildman–Crippen MR) is 222 cm³/mol. The average molecular weight is 743 g/mol. The van der Waals surface area contributed by atoms with Gasteiger partial charge in [-0.3, -0.25) is 0 Å². The number of carbonyl (C=O) groups is 1. The lowest BCUT2D eigenvalue weighted by atomic mass is 9.76. The van der Waals surface area contributed by atoms with Gasteiger partial charge in [-0.15, -0.1) is 0 Å². The second-order valence-corrected chi connectivity index (χ2v) is 15.6. The lowest BCUT2D eigenvalue weighted by molar-refractivity contribution is -0.139. The summed E-state index contributed by atoms with van der Waals surface area (Å²) in [6.07, 6.45) is 13.6. The summed E-state index contributed by atoms with van der Waals surface area (Å²) in [5.41, 5.74) is 32.1. The van der Waals surface area contributed by atoms with Crippen LogP contribution in [-0.4, -0.2) is 45.4 Å². The largest absolute Gasteiger partial charge is 0.493 e. The molecule has 0 amide bonds. The topological polar surface area (TPSA) is 140 Å². The molecule has 3 aromatic rings. The fraction of sp³-hybridized carbons (Fsp3) is 0.543. The van der Waals surface area contributed by atoms with Gasteiger partial charge < -0.3 is 32.4 Å². The van der Waals surface area contributed by atoms with Crippen molar-refractivity contribution >= 4 is 5.97 Å². The SMILES string of the molecule is C=C(C)C(=O)OCCCc1cc(-c2cc(CC)c(-c3ccc(C4CCC(CCCCC)CC4)cc3F)cc2CCCN)ccc1OCC(CN)(CN)CN. The van der Waals surface area contributed by atoms with Crippen LogP contribution in [0, 0.1) is 17.2 Å². The normalized spacial score (nSPS) is 16.0. The van der Waals surface area contributed by atoms with Crippen molar-refractivity contribution in [3.8, 4) is 28.0 Å². The Kier molecular flexibility index (Phi) is 17.2. The number of unbranched alkanes of at least 4 members (excludes halogenated alkanes) is 2. The molecule has 0 saturated heterocycles. The van der Waals surface area contributed by atoms with Gasteiger partial charge in [0.1, 0.15) is 11.6 Å². The summed E-state index contributed by atoms with van der Waals surface area (Å²) < 4.78 is 27.9. The smallest absolute Gasteiger partial charge is 0.333 e. The van der Waals surface area contributed by atoms with Crippen LogP contribution in [0.2, 0.25) is 0 Å². The number of aryl methyl sites for hydroxylation is 3. The summed E-state index contributed by atoms with van der Waals surface area (Å²) in [5, 5.41) is 0. The van der Waals surface area contributed by atoms with Crippen LogP contribution in [0.5, 0.6) is 5.75 Å². The zero-order valence-corrected chi connectivity index (χ0v) is 33.3. The van der Waals surface area contributed by atoms with E-state index in [1.807, 2.05) is 12.1 Å². The molecule has 296 valence electrons. The second-order valence-electron chi connectivity index (χ2n) is 15.6. The van der Waals surface area contributed by atoms with Gasteiger partial charge in [-0.25, -0.2) is 9.18 Å². The first-order chi connectivity index (χ1) is 26.1. The minimum absolute atomic E-state index is 0.149. The Morgan fingerprint density at radius 3 is 2.15 bits per heavy atom. The third kappa shape index (κ3) is 11.5. The molecular formula is C46H67FN4O3. The summed E-state index contributed by atoms with van der Waals surface area (Å²) in [4.78, 5) is 12.0. The quantitative estimate of drug-likeness (QED) is 0.0459. The molecule has 8 heteroatoms. The monoisotopic (exact) mass is 743 g/mol. The van der Waals surface area contributed by atoms with E-state index >= 15 is 4.39 Å². The van der Waals surface area contributed by atoms with Crippen LogP contribution in [0.4, 0.5) is 4.39 Å². The van der Waals surface area contributed by atoms with Gasteiger partial charge in [-0.2, -0.15) is 0 Å². The standard InChI is InChI=1S/C46H67FN4O3/c1-5-7-8-11-33-14-16-35(17-15-33)36-18-20-40(43(47)27-36)42-26-37(12-9-22-48)41(25-34(42)6-2)38-19-21-44(54-31-46(28-49,29-50)30-51)39(24-38)13-10-23-53-45(52)32(3)4/h18-21,24-27,33,35H,3,5-17,22-23,28-31,48-51H2,1-2,4H3. The van der Waals surface area contributed by atoms with Gasteiger partial charge in [0.05, 0.1) is 13.2 Å². The number of carbonyl (C=O) groups excluding carboxylic acids is 1. The van der Waals surface area contributed by atoms with E-state index in [4.69, 9.17) is 32.4 Å². The van der Waals surface area contributed by atoms with Gasteiger partial charge in [0.2, 0.25) is 0 Å². The molecule has 0 bridgehead atoms. The maximum Gasteiger partial charge on any atom is 0.333 e. The van der Waals surface area contributed by atoms with Gasteiger partial charge in [0.25, 0.3) is 0 Å². The molecule has 1 aliphatic carbocycles. The van der Waals surface area contributed by atoms with Gasteiger partial charge >= 0.3 is 5.97 Å². The molecule has 3 aromatic carbocycles. The number of ether oxygens (including phenoxy) is 2. The van der Waals surface area contributed by atoms with Gasteiger partial charge in [-0.1, -0.05) is 76.4 Å². The number of benzene rings is 3. The maximum atomic E-state index is 16.2. The lowest BCUT2D eigenvalue weighted by Crippen LogP contribution is -2.48. The van der Waals surface area contributed by atoms with E-state index in [0.29, 0.717) is 61.8 Å². The van der Waals surface area contributed by atoms with Crippen molar-refractivity contribution < 1.29 is 18.7 Å². The summed E-state index contributed by atoms with van der Waals surface area (Å²) in [5.74, 6) is 1.42. The van der Waals surface area contributed by atoms with E-state index in [1.165, 1.54) is 38.5 Å². The number of esters is 1. The number of halogens is 1. The first kappa shape index (κ1) is 43.2. The Morgan fingerprint density at radius 1 is 0.815 bits per heavy atom. The molecule has 54 heavy (non-hydrogen) atoms. The summed E-state index contributed by atoms with van der Waals surface area (Å²) >= 11 is 0. The molecule has 1 aliphatic rings. The number of hydrogen-bond donors (Lipinski definition) is 4. The van der Waals surface area contributed by atoms with Gasteiger partial charge in [0.15, 0.2) is 0 Å². The van der Waals surface area contributed by atoms with Crippen molar-refractivity contribution in [3.63, 3.8) is 0 Å². The lowest BCUT2D eigenvalue weighted by Gasteiger charge is -2.29. The minimum atomic E-state index is -0.533. The fourth-order valence-electron chi connectivity index (χ4n) is 7.76. The van der Waals surface area contributed by atoms with E-state index in [0.717, 1.165) is 77.0 Å². The van der Waals surface area contributed by atoms with Crippen LogP contribution in [0.1, 0.15) is 113 Å². The predicted octanol–water partition coefficient (Wildman–Crippen LogP) is 8.76. The highest BCUT2D eigenvalue weighted by atomic mass is 19.1. The van der Waals surface area contributed by atoms with E-state index in [9.17, 15) is 4.79 Å². The fourth-order valence-corrected chi connectivity index (χ4v) is 7.76. The summed E-state index contributed by atoms with van der Waals surface area (Å²) in [6.45, 7) is 11.7. The van der Waals surface area contributed by atoms with Crippen molar-refractivity contribution in [1.82, 2.24) is 0 Å². The molecule has 1 saturated carbocycles. The Balaban J connectivity index is 1.66. The summed E-state index contributed by atoms with van der Waals surface area (Å²) in [7, 11) is 0. The highest BCUT2D eigenvalue weighted by Crippen LogP contribution is 2.41. The number of nitrogens with two attached hydrogens (primary N) is 4. The molecule has 4 rings (SSSR count). The molecule has 7 nitrogen and oxygen atoms in total. The highest BCUT2D eigenvalue weighted by Gasteiger charge is 2.27. The average Bonchev–Trinajstić information content (AvgIpc) is 3.19. The van der Waals surface area contributed by atoms with Gasteiger partial charge in [-0.05, 0) is 140 Å². The first-order valence-electron chi connectivity index (χ1n) is 20.5. The first-order valence-corrected chi connectivity index (χ1v) is 20.5. The van der Waals surface area contributed by atoms with Crippen LogP contribution in [-0.2, 0) is 28.8 Å². The molecule has 0 spiro atoms. The van der Waals surface area contributed by atoms with E-state index in [1.54, 1.807) is 13.0 Å². The Morgan fingerprint density at radius 2 is 1.52 bits per heavy atom.